The van der Waals surface area contributed by atoms with Crippen LogP contribution in [0.2, 0.25) is 0 Å². The minimum Gasteiger partial charge on any atom is -0.394 e. The van der Waals surface area contributed by atoms with E-state index in [2.05, 4.69) is 19.2 Å². The van der Waals surface area contributed by atoms with Gasteiger partial charge < -0.3 is 15.2 Å². The second-order valence-electron chi connectivity index (χ2n) is 4.73. The number of carbonyl (C=O) groups is 1. The van der Waals surface area contributed by atoms with Crippen LogP contribution in [-0.4, -0.2) is 37.4 Å². The number of nitrogens with one attached hydrogen (secondary N) is 1. The van der Waals surface area contributed by atoms with Crippen molar-refractivity contribution in [2.24, 2.45) is 11.3 Å². The van der Waals surface area contributed by atoms with Crippen molar-refractivity contribution in [3.8, 4) is 0 Å². The normalized spacial score (nSPS) is 22.5. The fraction of sp³-hybridized carbons (Fsp3) is 0.909. The highest BCUT2D eigenvalue weighted by Crippen LogP contribution is 2.51. The van der Waals surface area contributed by atoms with Crippen LogP contribution in [0.1, 0.15) is 26.7 Å². The summed E-state index contributed by atoms with van der Waals surface area (Å²) < 4.78 is 5.08. The van der Waals surface area contributed by atoms with Crippen molar-refractivity contribution in [2.45, 2.75) is 26.7 Å². The summed E-state index contributed by atoms with van der Waals surface area (Å²) in [7, 11) is 0. The van der Waals surface area contributed by atoms with Gasteiger partial charge in [-0.05, 0) is 18.3 Å². The van der Waals surface area contributed by atoms with Crippen molar-refractivity contribution in [1.82, 2.24) is 5.32 Å². The summed E-state index contributed by atoms with van der Waals surface area (Å²) in [6.07, 6.45) is 1.80. The van der Waals surface area contributed by atoms with Gasteiger partial charge in [-0.15, -0.1) is 0 Å². The summed E-state index contributed by atoms with van der Waals surface area (Å²) in [5, 5.41) is 11.4. The number of ether oxygens (including phenoxy) is 1. The minimum absolute atomic E-state index is 0.0582. The van der Waals surface area contributed by atoms with Crippen LogP contribution in [0.4, 0.5) is 0 Å². The molecule has 0 spiro atoms. The topological polar surface area (TPSA) is 58.6 Å². The fourth-order valence-corrected chi connectivity index (χ4v) is 1.59. The Labute approximate surface area is 91.0 Å². The van der Waals surface area contributed by atoms with Crippen LogP contribution in [0.5, 0.6) is 0 Å². The Morgan fingerprint density at radius 2 is 2.20 bits per heavy atom. The second kappa shape index (κ2) is 5.47. The first-order valence-corrected chi connectivity index (χ1v) is 5.54. The molecular weight excluding hydrogens is 194 g/mol. The van der Waals surface area contributed by atoms with Crippen molar-refractivity contribution >= 4 is 5.91 Å². The Morgan fingerprint density at radius 3 is 2.73 bits per heavy atom. The van der Waals surface area contributed by atoms with E-state index in [1.54, 1.807) is 0 Å². The average molecular weight is 215 g/mol. The van der Waals surface area contributed by atoms with Gasteiger partial charge in [-0.3, -0.25) is 4.79 Å². The van der Waals surface area contributed by atoms with E-state index < -0.39 is 0 Å². The van der Waals surface area contributed by atoms with Crippen molar-refractivity contribution < 1.29 is 14.6 Å². The highest BCUT2D eigenvalue weighted by Gasteiger charge is 2.50. The maximum Gasteiger partial charge on any atom is 0.223 e. The third-order valence-corrected chi connectivity index (χ3v) is 2.83. The minimum atomic E-state index is 0.0582. The van der Waals surface area contributed by atoms with Crippen LogP contribution in [0, 0.1) is 11.3 Å². The molecule has 1 rings (SSSR count). The van der Waals surface area contributed by atoms with E-state index in [4.69, 9.17) is 9.84 Å². The molecule has 1 saturated carbocycles. The summed E-state index contributed by atoms with van der Waals surface area (Å²) in [5.74, 6) is 0.373. The molecule has 1 aliphatic rings. The molecule has 0 aliphatic heterocycles. The molecule has 1 amide bonds. The van der Waals surface area contributed by atoms with E-state index >= 15 is 0 Å². The van der Waals surface area contributed by atoms with Crippen molar-refractivity contribution in [3.05, 3.63) is 0 Å². The molecule has 0 aromatic rings. The van der Waals surface area contributed by atoms with Crippen LogP contribution < -0.4 is 5.32 Å². The average Bonchev–Trinajstić information content (AvgIpc) is 2.81. The van der Waals surface area contributed by atoms with Crippen LogP contribution in [0.3, 0.4) is 0 Å². The number of aliphatic hydroxyl groups excluding tert-OH is 1. The smallest absolute Gasteiger partial charge is 0.223 e. The van der Waals surface area contributed by atoms with E-state index in [0.29, 0.717) is 19.8 Å². The van der Waals surface area contributed by atoms with Gasteiger partial charge in [-0.25, -0.2) is 0 Å². The molecule has 0 radical (unpaired) electrons. The quantitative estimate of drug-likeness (QED) is 0.610. The van der Waals surface area contributed by atoms with Gasteiger partial charge in [0.25, 0.3) is 0 Å². The molecule has 1 atom stereocenters. The molecule has 0 aromatic carbocycles. The Balaban J connectivity index is 1.94. The molecule has 4 nitrogen and oxygen atoms in total. The lowest BCUT2D eigenvalue weighted by Crippen LogP contribution is -2.28. The first kappa shape index (κ1) is 12.5. The van der Waals surface area contributed by atoms with Gasteiger partial charge in [0.15, 0.2) is 0 Å². The van der Waals surface area contributed by atoms with Crippen LogP contribution >= 0.6 is 0 Å². The highest BCUT2D eigenvalue weighted by atomic mass is 16.5. The zero-order chi connectivity index (χ0) is 11.3. The van der Waals surface area contributed by atoms with Gasteiger partial charge in [0, 0.05) is 19.1 Å². The van der Waals surface area contributed by atoms with E-state index in [0.717, 1.165) is 12.8 Å². The molecule has 0 aromatic heterocycles. The van der Waals surface area contributed by atoms with Gasteiger partial charge in [0.1, 0.15) is 0 Å². The standard InChI is InChI=1S/C11H21NO3/c1-11(2)8-9(11)10(14)12-4-3-6-15-7-5-13/h9,13H,3-8H2,1-2H3,(H,12,14)/t9-/m1/s1. The fourth-order valence-electron chi connectivity index (χ4n) is 1.59. The van der Waals surface area contributed by atoms with E-state index in [1.165, 1.54) is 0 Å². The van der Waals surface area contributed by atoms with E-state index in [-0.39, 0.29) is 23.8 Å². The lowest BCUT2D eigenvalue weighted by Gasteiger charge is -2.06. The van der Waals surface area contributed by atoms with Crippen LogP contribution in [0.25, 0.3) is 0 Å². The molecule has 1 fully saturated rings. The molecule has 0 heterocycles. The molecule has 2 N–H and O–H groups in total. The van der Waals surface area contributed by atoms with Crippen molar-refractivity contribution in [3.63, 3.8) is 0 Å². The predicted octanol–water partition coefficient (Wildman–Crippen LogP) is 0.548. The first-order valence-electron chi connectivity index (χ1n) is 5.54. The molecule has 1 aliphatic carbocycles. The van der Waals surface area contributed by atoms with Gasteiger partial charge in [0.2, 0.25) is 5.91 Å². The number of amides is 1. The summed E-state index contributed by atoms with van der Waals surface area (Å²) in [4.78, 5) is 11.5. The monoisotopic (exact) mass is 215 g/mol. The summed E-state index contributed by atoms with van der Waals surface area (Å²) in [6, 6.07) is 0. The number of aliphatic hydroxyl groups is 1. The second-order valence-corrected chi connectivity index (χ2v) is 4.73. The predicted molar refractivity (Wildman–Crippen MR) is 57.4 cm³/mol. The lowest BCUT2D eigenvalue weighted by molar-refractivity contribution is -0.123. The van der Waals surface area contributed by atoms with E-state index in [1.807, 2.05) is 0 Å². The summed E-state index contributed by atoms with van der Waals surface area (Å²) in [5.41, 5.74) is 0.206. The Hall–Kier alpha value is -0.610. The third-order valence-electron chi connectivity index (χ3n) is 2.83. The maximum absolute atomic E-state index is 11.5. The molecule has 0 bridgehead atoms. The lowest BCUT2D eigenvalue weighted by atomic mass is 10.1. The number of hydrogen-bond donors (Lipinski definition) is 2. The SMILES string of the molecule is CC1(C)C[C@@H]1C(=O)NCCCOCCO. The molecule has 0 unspecified atom stereocenters. The summed E-state index contributed by atoms with van der Waals surface area (Å²) in [6.45, 7) is 5.92. The zero-order valence-electron chi connectivity index (χ0n) is 9.58. The molecule has 15 heavy (non-hydrogen) atoms. The number of hydrogen-bond acceptors (Lipinski definition) is 3. The maximum atomic E-state index is 11.5. The largest absolute Gasteiger partial charge is 0.394 e. The molecule has 4 heteroatoms. The Morgan fingerprint density at radius 1 is 1.53 bits per heavy atom. The third kappa shape index (κ3) is 4.18. The Kier molecular flexibility index (Phi) is 4.54. The molecular formula is C11H21NO3. The first-order chi connectivity index (χ1) is 7.08. The number of rotatable bonds is 7. The van der Waals surface area contributed by atoms with Gasteiger partial charge >= 0.3 is 0 Å². The molecule has 88 valence electrons. The van der Waals surface area contributed by atoms with Crippen LogP contribution in [0.15, 0.2) is 0 Å². The zero-order valence-corrected chi connectivity index (χ0v) is 9.58. The molecule has 0 saturated heterocycles. The van der Waals surface area contributed by atoms with Gasteiger partial charge in [0.05, 0.1) is 13.2 Å². The van der Waals surface area contributed by atoms with Gasteiger partial charge in [-0.2, -0.15) is 0 Å². The summed E-state index contributed by atoms with van der Waals surface area (Å²) >= 11 is 0. The van der Waals surface area contributed by atoms with Crippen molar-refractivity contribution in [2.75, 3.05) is 26.4 Å². The highest BCUT2D eigenvalue weighted by molar-refractivity contribution is 5.82. The van der Waals surface area contributed by atoms with Gasteiger partial charge in [-0.1, -0.05) is 13.8 Å². The van der Waals surface area contributed by atoms with Crippen molar-refractivity contribution in [1.29, 1.82) is 0 Å². The Bertz CT molecular complexity index is 216. The van der Waals surface area contributed by atoms with E-state index in [9.17, 15) is 4.79 Å². The number of carbonyl (C=O) groups excluding carboxylic acids is 1. The van der Waals surface area contributed by atoms with Crippen LogP contribution in [-0.2, 0) is 9.53 Å².